The fourth-order valence-corrected chi connectivity index (χ4v) is 5.55. The summed E-state index contributed by atoms with van der Waals surface area (Å²) in [6.45, 7) is 0. The van der Waals surface area contributed by atoms with Crippen LogP contribution in [0.5, 0.6) is 5.75 Å². The first-order chi connectivity index (χ1) is 11.5. The molecule has 4 fully saturated rings. The Morgan fingerprint density at radius 3 is 2.29 bits per heavy atom. The van der Waals surface area contributed by atoms with Gasteiger partial charge >= 0.3 is 5.69 Å². The first-order valence-corrected chi connectivity index (χ1v) is 8.63. The predicted octanol–water partition coefficient (Wildman–Crippen LogP) is 3.30. The molecule has 0 atom stereocenters. The van der Waals surface area contributed by atoms with E-state index < -0.39 is 4.92 Å². The fraction of sp³-hybridized carbons (Fsp3) is 0.611. The van der Waals surface area contributed by atoms with Crippen LogP contribution in [0.25, 0.3) is 0 Å². The average Bonchev–Trinajstić information content (AvgIpc) is 2.52. The van der Waals surface area contributed by atoms with Gasteiger partial charge in [-0.3, -0.25) is 14.9 Å². The predicted molar refractivity (Wildman–Crippen MR) is 88.0 cm³/mol. The van der Waals surface area contributed by atoms with Crippen LogP contribution in [0.3, 0.4) is 0 Å². The molecule has 6 nitrogen and oxygen atoms in total. The summed E-state index contributed by atoms with van der Waals surface area (Å²) in [7, 11) is 1.39. The van der Waals surface area contributed by atoms with Crippen molar-refractivity contribution in [2.75, 3.05) is 7.11 Å². The van der Waals surface area contributed by atoms with Crippen molar-refractivity contribution in [3.63, 3.8) is 0 Å². The molecule has 5 rings (SSSR count). The molecule has 1 N–H and O–H groups in total. The van der Waals surface area contributed by atoms with Crippen molar-refractivity contribution in [1.82, 2.24) is 5.32 Å². The second-order valence-electron chi connectivity index (χ2n) is 7.80. The molecule has 1 aromatic rings. The van der Waals surface area contributed by atoms with Gasteiger partial charge in [-0.1, -0.05) is 0 Å². The number of hydrogen-bond acceptors (Lipinski definition) is 4. The molecule has 0 saturated heterocycles. The molecule has 4 aliphatic carbocycles. The number of benzene rings is 1. The van der Waals surface area contributed by atoms with Crippen molar-refractivity contribution in [2.45, 2.75) is 44.1 Å². The van der Waals surface area contributed by atoms with Gasteiger partial charge in [0.05, 0.1) is 12.0 Å². The first kappa shape index (κ1) is 15.4. The zero-order chi connectivity index (χ0) is 16.9. The quantitative estimate of drug-likeness (QED) is 0.678. The van der Waals surface area contributed by atoms with Crippen molar-refractivity contribution in [1.29, 1.82) is 0 Å². The minimum Gasteiger partial charge on any atom is -0.490 e. The zero-order valence-electron chi connectivity index (χ0n) is 13.8. The molecule has 0 spiro atoms. The normalized spacial score (nSPS) is 33.3. The van der Waals surface area contributed by atoms with Crippen LogP contribution in [0.2, 0.25) is 0 Å². The monoisotopic (exact) mass is 330 g/mol. The maximum absolute atomic E-state index is 12.7. The van der Waals surface area contributed by atoms with Gasteiger partial charge in [-0.2, -0.15) is 0 Å². The van der Waals surface area contributed by atoms with Crippen LogP contribution < -0.4 is 10.1 Å². The van der Waals surface area contributed by atoms with Crippen molar-refractivity contribution in [3.8, 4) is 5.75 Å². The summed E-state index contributed by atoms with van der Waals surface area (Å²) in [5, 5.41) is 14.4. The summed E-state index contributed by atoms with van der Waals surface area (Å²) < 4.78 is 5.00. The van der Waals surface area contributed by atoms with E-state index in [2.05, 4.69) is 5.32 Å². The Balaban J connectivity index is 1.56. The number of ether oxygens (including phenoxy) is 1. The van der Waals surface area contributed by atoms with Gasteiger partial charge in [-0.25, -0.2) is 0 Å². The molecule has 0 radical (unpaired) electrons. The van der Waals surface area contributed by atoms with Gasteiger partial charge in [0.2, 0.25) is 0 Å². The Kier molecular flexibility index (Phi) is 3.51. The van der Waals surface area contributed by atoms with Crippen molar-refractivity contribution in [2.24, 2.45) is 17.8 Å². The lowest BCUT2D eigenvalue weighted by Crippen LogP contribution is -2.59. The number of nitro benzene ring substituents is 1. The lowest BCUT2D eigenvalue weighted by molar-refractivity contribution is -0.385. The summed E-state index contributed by atoms with van der Waals surface area (Å²) >= 11 is 0. The summed E-state index contributed by atoms with van der Waals surface area (Å²) in [6.07, 6.45) is 7.10. The molecular formula is C18H22N2O4. The van der Waals surface area contributed by atoms with E-state index in [4.69, 9.17) is 4.74 Å². The molecule has 1 amide bonds. The topological polar surface area (TPSA) is 81.5 Å². The van der Waals surface area contributed by atoms with Crippen LogP contribution in [-0.2, 0) is 0 Å². The van der Waals surface area contributed by atoms with E-state index in [1.54, 1.807) is 6.07 Å². The average molecular weight is 330 g/mol. The molecule has 4 aliphatic rings. The number of carbonyl (C=O) groups is 1. The van der Waals surface area contributed by atoms with Gasteiger partial charge in [0.1, 0.15) is 0 Å². The summed E-state index contributed by atoms with van der Waals surface area (Å²) in [6, 6.07) is 4.41. The highest BCUT2D eigenvalue weighted by atomic mass is 16.6. The Bertz CT molecular complexity index is 665. The smallest absolute Gasteiger partial charge is 0.311 e. The molecule has 0 aliphatic heterocycles. The van der Waals surface area contributed by atoms with Gasteiger partial charge in [0, 0.05) is 17.2 Å². The van der Waals surface area contributed by atoms with Crippen molar-refractivity contribution < 1.29 is 14.5 Å². The number of hydrogen-bond donors (Lipinski definition) is 1. The van der Waals surface area contributed by atoms with E-state index in [0.29, 0.717) is 5.56 Å². The van der Waals surface area contributed by atoms with Crippen LogP contribution >= 0.6 is 0 Å². The molecule has 24 heavy (non-hydrogen) atoms. The highest BCUT2D eigenvalue weighted by Gasteiger charge is 2.51. The van der Waals surface area contributed by atoms with E-state index in [-0.39, 0.29) is 22.9 Å². The molecule has 4 saturated carbocycles. The van der Waals surface area contributed by atoms with E-state index >= 15 is 0 Å². The SMILES string of the molecule is COc1ccc(C(=O)NC23CC4CC(CC(C4)C2)C3)cc1[N+](=O)[O-]. The Hall–Kier alpha value is -2.11. The Morgan fingerprint density at radius 1 is 1.21 bits per heavy atom. The Labute approximate surface area is 140 Å². The highest BCUT2D eigenvalue weighted by molar-refractivity contribution is 5.95. The van der Waals surface area contributed by atoms with E-state index in [1.807, 2.05) is 0 Å². The van der Waals surface area contributed by atoms with Gasteiger partial charge < -0.3 is 10.1 Å². The van der Waals surface area contributed by atoms with Crippen LogP contribution in [0, 0.1) is 27.9 Å². The van der Waals surface area contributed by atoms with E-state index in [9.17, 15) is 14.9 Å². The molecule has 4 bridgehead atoms. The minimum absolute atomic E-state index is 0.0967. The van der Waals surface area contributed by atoms with Crippen LogP contribution in [-0.4, -0.2) is 23.5 Å². The standard InChI is InChI=1S/C18H22N2O4/c1-24-16-3-2-14(7-15(16)20(22)23)17(21)19-18-8-11-4-12(9-18)6-13(5-11)10-18/h2-3,7,11-13H,4-6,8-10H2,1H3,(H,19,21). The second kappa shape index (κ2) is 5.46. The maximum Gasteiger partial charge on any atom is 0.311 e. The molecule has 6 heteroatoms. The van der Waals surface area contributed by atoms with Gasteiger partial charge in [0.15, 0.2) is 5.75 Å². The Morgan fingerprint density at radius 2 is 1.79 bits per heavy atom. The van der Waals surface area contributed by atoms with Gasteiger partial charge in [-0.05, 0) is 68.4 Å². The molecule has 0 heterocycles. The third-order valence-electron chi connectivity index (χ3n) is 6.05. The second-order valence-corrected chi connectivity index (χ2v) is 7.80. The first-order valence-electron chi connectivity index (χ1n) is 8.63. The maximum atomic E-state index is 12.7. The molecule has 0 aromatic heterocycles. The molecule has 1 aromatic carbocycles. The third-order valence-corrected chi connectivity index (χ3v) is 6.05. The van der Waals surface area contributed by atoms with Crippen LogP contribution in [0.1, 0.15) is 48.9 Å². The summed E-state index contributed by atoms with van der Waals surface area (Å²) in [5.74, 6) is 2.18. The highest BCUT2D eigenvalue weighted by Crippen LogP contribution is 2.55. The zero-order valence-corrected chi connectivity index (χ0v) is 13.8. The van der Waals surface area contributed by atoms with Crippen molar-refractivity contribution >= 4 is 11.6 Å². The largest absolute Gasteiger partial charge is 0.490 e. The van der Waals surface area contributed by atoms with E-state index in [1.165, 1.54) is 38.5 Å². The summed E-state index contributed by atoms with van der Waals surface area (Å²) in [5.41, 5.74) is 0.0643. The third kappa shape index (κ3) is 2.54. The van der Waals surface area contributed by atoms with Crippen molar-refractivity contribution in [3.05, 3.63) is 33.9 Å². The number of nitrogens with zero attached hydrogens (tertiary/aromatic N) is 1. The lowest BCUT2D eigenvalue weighted by Gasteiger charge is -2.56. The van der Waals surface area contributed by atoms with Gasteiger partial charge in [-0.15, -0.1) is 0 Å². The van der Waals surface area contributed by atoms with E-state index in [0.717, 1.165) is 37.0 Å². The number of amides is 1. The molecular weight excluding hydrogens is 308 g/mol. The molecule has 128 valence electrons. The number of methoxy groups -OCH3 is 1. The minimum atomic E-state index is -0.514. The number of nitro groups is 1. The number of nitrogens with one attached hydrogen (secondary N) is 1. The van der Waals surface area contributed by atoms with Crippen LogP contribution in [0.15, 0.2) is 18.2 Å². The number of carbonyl (C=O) groups excluding carboxylic acids is 1. The molecule has 0 unspecified atom stereocenters. The van der Waals surface area contributed by atoms with Gasteiger partial charge in [0.25, 0.3) is 5.91 Å². The lowest BCUT2D eigenvalue weighted by atomic mass is 9.53. The summed E-state index contributed by atoms with van der Waals surface area (Å²) in [4.78, 5) is 23.4. The fourth-order valence-electron chi connectivity index (χ4n) is 5.55. The number of rotatable bonds is 4. The van der Waals surface area contributed by atoms with Crippen LogP contribution in [0.4, 0.5) is 5.69 Å².